The fourth-order valence-corrected chi connectivity index (χ4v) is 3.59. The number of nitrogens with zero attached hydrogens (tertiary/aromatic N) is 5. The molecule has 1 fully saturated rings. The van der Waals surface area contributed by atoms with Crippen LogP contribution in [0.15, 0.2) is 52.4 Å². The van der Waals surface area contributed by atoms with Gasteiger partial charge in [-0.1, -0.05) is 23.3 Å². The second kappa shape index (κ2) is 11.3. The minimum Gasteiger partial charge on any atom is -0.459 e. The largest absolute Gasteiger partial charge is 0.459 e. The van der Waals surface area contributed by atoms with Crippen molar-refractivity contribution in [2.24, 2.45) is 0 Å². The molecule has 2 aromatic rings. The predicted molar refractivity (Wildman–Crippen MR) is 126 cm³/mol. The van der Waals surface area contributed by atoms with Crippen molar-refractivity contribution >= 4 is 23.2 Å². The minimum absolute atomic E-state index is 0.154. The number of carbonyl (C=O) groups is 1. The highest BCUT2D eigenvalue weighted by molar-refractivity contribution is 5.91. The van der Waals surface area contributed by atoms with Crippen LogP contribution in [0, 0.1) is 10.1 Å². The second-order valence-corrected chi connectivity index (χ2v) is 8.16. The number of piperazine rings is 1. The molecule has 0 aliphatic carbocycles. The Balaban J connectivity index is 1.65. The first-order valence-corrected chi connectivity index (χ1v) is 11.0. The van der Waals surface area contributed by atoms with Gasteiger partial charge in [0.15, 0.2) is 5.76 Å². The summed E-state index contributed by atoms with van der Waals surface area (Å²) in [7, 11) is 0. The summed E-state index contributed by atoms with van der Waals surface area (Å²) in [5, 5.41) is 14.9. The second-order valence-electron chi connectivity index (χ2n) is 8.16. The summed E-state index contributed by atoms with van der Waals surface area (Å²) in [6, 6.07) is 3.29. The van der Waals surface area contributed by atoms with Crippen LogP contribution in [0.25, 0.3) is 0 Å². The van der Waals surface area contributed by atoms with Crippen molar-refractivity contribution in [1.82, 2.24) is 14.9 Å². The van der Waals surface area contributed by atoms with Gasteiger partial charge in [0.2, 0.25) is 11.6 Å². The Morgan fingerprint density at radius 3 is 2.61 bits per heavy atom. The summed E-state index contributed by atoms with van der Waals surface area (Å²) in [6.07, 6.45) is 8.90. The van der Waals surface area contributed by atoms with E-state index in [2.05, 4.69) is 35.2 Å². The number of hydrogen-bond donors (Lipinski definition) is 1. The highest BCUT2D eigenvalue weighted by atomic mass is 16.6. The first kappa shape index (κ1) is 24.0. The summed E-state index contributed by atoms with van der Waals surface area (Å²) in [5.74, 6) is 0.539. The number of amides is 1. The highest BCUT2D eigenvalue weighted by Gasteiger charge is 2.30. The van der Waals surface area contributed by atoms with Gasteiger partial charge in [-0.05, 0) is 45.7 Å². The van der Waals surface area contributed by atoms with Gasteiger partial charge in [-0.15, -0.1) is 0 Å². The molecule has 1 aliphatic heterocycles. The molecule has 176 valence electrons. The van der Waals surface area contributed by atoms with Crippen molar-refractivity contribution in [3.63, 3.8) is 0 Å². The van der Waals surface area contributed by atoms with Crippen LogP contribution in [0.3, 0.4) is 0 Å². The molecule has 1 saturated heterocycles. The van der Waals surface area contributed by atoms with E-state index in [0.717, 1.165) is 12.8 Å². The third-order valence-electron chi connectivity index (χ3n) is 5.40. The standard InChI is InChI=1S/C23H30N6O4/c1-17(2)6-4-7-18(3)9-10-24-21-20(29(31)32)22(26-16-25-21)27-11-13-28(14-12-27)23(30)19-8-5-15-33-19/h5-6,8-9,15-16H,4,7,10-14H2,1-3H3,(H,24,25,26). The lowest BCUT2D eigenvalue weighted by Gasteiger charge is -2.34. The van der Waals surface area contributed by atoms with Crippen molar-refractivity contribution < 1.29 is 14.1 Å². The van der Waals surface area contributed by atoms with Gasteiger partial charge < -0.3 is 19.5 Å². The number of carbonyl (C=O) groups excluding carboxylic acids is 1. The topological polar surface area (TPSA) is 118 Å². The lowest BCUT2D eigenvalue weighted by molar-refractivity contribution is -0.383. The summed E-state index contributed by atoms with van der Waals surface area (Å²) < 4.78 is 5.18. The van der Waals surface area contributed by atoms with Crippen LogP contribution in [0.1, 0.15) is 44.2 Å². The molecule has 0 saturated carbocycles. The molecule has 1 aliphatic rings. The van der Waals surface area contributed by atoms with Crippen LogP contribution in [-0.4, -0.2) is 58.4 Å². The molecule has 3 rings (SSSR count). The Kier molecular flexibility index (Phi) is 8.17. The molecule has 1 amide bonds. The maximum atomic E-state index is 12.5. The molecule has 0 bridgehead atoms. The summed E-state index contributed by atoms with van der Waals surface area (Å²) >= 11 is 0. The third kappa shape index (κ3) is 6.41. The van der Waals surface area contributed by atoms with Crippen molar-refractivity contribution in [3.8, 4) is 0 Å². The van der Waals surface area contributed by atoms with Gasteiger partial charge in [0.05, 0.1) is 11.2 Å². The van der Waals surface area contributed by atoms with Crippen LogP contribution in [0.5, 0.6) is 0 Å². The van der Waals surface area contributed by atoms with Crippen molar-refractivity contribution in [3.05, 3.63) is 63.9 Å². The van der Waals surface area contributed by atoms with Gasteiger partial charge in [0.1, 0.15) is 6.33 Å². The lowest BCUT2D eigenvalue weighted by Crippen LogP contribution is -2.49. The summed E-state index contributed by atoms with van der Waals surface area (Å²) in [4.78, 5) is 35.7. The van der Waals surface area contributed by atoms with Crippen molar-refractivity contribution in [1.29, 1.82) is 0 Å². The Morgan fingerprint density at radius 2 is 1.97 bits per heavy atom. The number of nitro groups is 1. The van der Waals surface area contributed by atoms with E-state index >= 15 is 0 Å². The molecule has 3 heterocycles. The normalized spacial score (nSPS) is 14.2. The molecule has 10 nitrogen and oxygen atoms in total. The Bertz CT molecular complexity index is 1020. The molecular formula is C23H30N6O4. The Labute approximate surface area is 193 Å². The molecule has 0 radical (unpaired) electrons. The Morgan fingerprint density at radius 1 is 1.21 bits per heavy atom. The van der Waals surface area contributed by atoms with Gasteiger partial charge in [0, 0.05) is 32.7 Å². The van der Waals surface area contributed by atoms with Crippen LogP contribution in [-0.2, 0) is 0 Å². The first-order chi connectivity index (χ1) is 15.9. The van der Waals surface area contributed by atoms with E-state index in [1.54, 1.807) is 17.0 Å². The van der Waals surface area contributed by atoms with E-state index in [4.69, 9.17) is 4.42 Å². The van der Waals surface area contributed by atoms with E-state index < -0.39 is 4.92 Å². The number of furan rings is 1. The fraction of sp³-hybridized carbons (Fsp3) is 0.435. The quantitative estimate of drug-likeness (QED) is 0.343. The smallest absolute Gasteiger partial charge is 0.353 e. The van der Waals surface area contributed by atoms with Gasteiger partial charge in [-0.25, -0.2) is 9.97 Å². The number of aromatic nitrogens is 2. The van der Waals surface area contributed by atoms with E-state index in [-0.39, 0.29) is 29.0 Å². The SMILES string of the molecule is CC(C)=CCCC(C)=CCNc1ncnc(N2CCN(C(=O)c3ccco3)CC2)c1[N+](=O)[O-]. The number of hydrogen-bond acceptors (Lipinski definition) is 8. The van der Waals surface area contributed by atoms with Gasteiger partial charge >= 0.3 is 5.69 Å². The van der Waals surface area contributed by atoms with Gasteiger partial charge in [0.25, 0.3) is 5.91 Å². The summed E-state index contributed by atoms with van der Waals surface area (Å²) in [6.45, 7) is 8.30. The monoisotopic (exact) mass is 454 g/mol. The zero-order chi connectivity index (χ0) is 23.8. The predicted octanol–water partition coefficient (Wildman–Crippen LogP) is 4.04. The van der Waals surface area contributed by atoms with Gasteiger partial charge in [-0.2, -0.15) is 0 Å². The van der Waals surface area contributed by atoms with Crippen LogP contribution in [0.2, 0.25) is 0 Å². The molecule has 0 atom stereocenters. The number of allylic oxidation sites excluding steroid dienone is 3. The van der Waals surface area contributed by atoms with E-state index in [9.17, 15) is 14.9 Å². The molecule has 2 aromatic heterocycles. The molecular weight excluding hydrogens is 424 g/mol. The zero-order valence-electron chi connectivity index (χ0n) is 19.3. The molecule has 33 heavy (non-hydrogen) atoms. The fourth-order valence-electron chi connectivity index (χ4n) is 3.59. The maximum Gasteiger partial charge on any atom is 0.353 e. The molecule has 0 aromatic carbocycles. The molecule has 1 N–H and O–H groups in total. The molecule has 10 heteroatoms. The maximum absolute atomic E-state index is 12.5. The van der Waals surface area contributed by atoms with Crippen LogP contribution in [0.4, 0.5) is 17.3 Å². The number of anilines is 2. The van der Waals surface area contributed by atoms with E-state index in [1.165, 1.54) is 23.7 Å². The third-order valence-corrected chi connectivity index (χ3v) is 5.40. The van der Waals surface area contributed by atoms with E-state index in [0.29, 0.717) is 32.7 Å². The minimum atomic E-state index is -0.455. The average Bonchev–Trinajstić information content (AvgIpc) is 3.33. The number of nitrogens with one attached hydrogen (secondary N) is 1. The van der Waals surface area contributed by atoms with Gasteiger partial charge in [-0.3, -0.25) is 14.9 Å². The summed E-state index contributed by atoms with van der Waals surface area (Å²) in [5.41, 5.74) is 2.34. The van der Waals surface area contributed by atoms with Crippen LogP contribution < -0.4 is 10.2 Å². The Hall–Kier alpha value is -3.69. The number of rotatable bonds is 9. The lowest BCUT2D eigenvalue weighted by atomic mass is 10.1. The first-order valence-electron chi connectivity index (χ1n) is 11.0. The van der Waals surface area contributed by atoms with Crippen LogP contribution >= 0.6 is 0 Å². The highest BCUT2D eigenvalue weighted by Crippen LogP contribution is 2.32. The van der Waals surface area contributed by atoms with Crippen molar-refractivity contribution in [2.75, 3.05) is 42.9 Å². The molecule has 0 unspecified atom stereocenters. The average molecular weight is 455 g/mol. The van der Waals surface area contributed by atoms with Crippen molar-refractivity contribution in [2.45, 2.75) is 33.6 Å². The van der Waals surface area contributed by atoms with E-state index in [1.807, 2.05) is 17.9 Å². The zero-order valence-corrected chi connectivity index (χ0v) is 19.3. The molecule has 0 spiro atoms.